The van der Waals surface area contributed by atoms with Gasteiger partial charge in [0, 0.05) is 12.0 Å². The van der Waals surface area contributed by atoms with E-state index in [4.69, 9.17) is 14.2 Å². The largest absolute Gasteiger partial charge is 0.458 e. The minimum Gasteiger partial charge on any atom is -0.458 e. The van der Waals surface area contributed by atoms with Crippen molar-refractivity contribution in [3.63, 3.8) is 0 Å². The molecule has 2 saturated carbocycles. The van der Waals surface area contributed by atoms with Crippen LogP contribution >= 0.6 is 0 Å². The van der Waals surface area contributed by atoms with Crippen LogP contribution in [0.4, 0.5) is 0 Å². The van der Waals surface area contributed by atoms with Gasteiger partial charge in [-0.15, -0.1) is 0 Å². The predicted molar refractivity (Wildman–Crippen MR) is 124 cm³/mol. The Morgan fingerprint density at radius 2 is 1.97 bits per heavy atom. The summed E-state index contributed by atoms with van der Waals surface area (Å²) < 4.78 is 18.0. The molecule has 2 aliphatic carbocycles. The zero-order chi connectivity index (χ0) is 23.4. The zero-order valence-electron chi connectivity index (χ0n) is 19.7. The first kappa shape index (κ1) is 24.0. The maximum atomic E-state index is 12.6. The van der Waals surface area contributed by atoms with Crippen LogP contribution in [0.2, 0.25) is 0 Å². The highest BCUT2D eigenvalue weighted by molar-refractivity contribution is 5.87. The molecule has 1 aromatic carbocycles. The monoisotopic (exact) mass is 456 g/mol. The Balaban J connectivity index is 1.46. The number of hydrogen-bond acceptors (Lipinski definition) is 6. The first-order valence-corrected chi connectivity index (χ1v) is 12.3. The molecule has 6 atom stereocenters. The zero-order valence-corrected chi connectivity index (χ0v) is 19.7. The summed E-state index contributed by atoms with van der Waals surface area (Å²) in [5, 5.41) is 9.28. The van der Waals surface area contributed by atoms with E-state index in [2.05, 4.69) is 6.92 Å². The van der Waals surface area contributed by atoms with Crippen LogP contribution in [0, 0.1) is 23.7 Å². The highest BCUT2D eigenvalue weighted by Gasteiger charge is 2.57. The van der Waals surface area contributed by atoms with Crippen molar-refractivity contribution >= 4 is 18.0 Å². The van der Waals surface area contributed by atoms with E-state index >= 15 is 0 Å². The molecule has 0 spiro atoms. The molecule has 6 heteroatoms. The molecule has 0 aromatic heterocycles. The lowest BCUT2D eigenvalue weighted by Gasteiger charge is -2.50. The number of esters is 2. The lowest BCUT2D eigenvalue weighted by atomic mass is 9.70. The van der Waals surface area contributed by atoms with E-state index in [9.17, 15) is 14.7 Å². The molecular formula is C27H36O6. The normalized spacial score (nSPS) is 32.3. The number of ether oxygens (including phenoxy) is 3. The SMILES string of the molecule is C[C@@H]1CC[C@@H]2C1[C@H](OC(=O)/C=C/c1ccccc1)CO[C@]2(C)[C@@H](CCC1CC1)OC(=O)CO. The van der Waals surface area contributed by atoms with Crippen molar-refractivity contribution in [3.8, 4) is 0 Å². The average molecular weight is 457 g/mol. The summed E-state index contributed by atoms with van der Waals surface area (Å²) in [6.45, 7) is 3.90. The fraction of sp³-hybridized carbons (Fsp3) is 0.630. The Bertz CT molecular complexity index is 847. The molecule has 1 unspecified atom stereocenters. The molecule has 1 aromatic rings. The van der Waals surface area contributed by atoms with Crippen molar-refractivity contribution in [2.24, 2.45) is 23.7 Å². The van der Waals surface area contributed by atoms with Crippen molar-refractivity contribution in [2.75, 3.05) is 13.2 Å². The van der Waals surface area contributed by atoms with Gasteiger partial charge in [0.05, 0.1) is 6.61 Å². The number of aliphatic hydroxyl groups is 1. The topological polar surface area (TPSA) is 82.1 Å². The van der Waals surface area contributed by atoms with Gasteiger partial charge in [0.1, 0.15) is 24.4 Å². The van der Waals surface area contributed by atoms with E-state index in [1.165, 1.54) is 18.9 Å². The molecule has 4 rings (SSSR count). The third kappa shape index (κ3) is 5.67. The van der Waals surface area contributed by atoms with Crippen LogP contribution in [0.1, 0.15) is 57.9 Å². The van der Waals surface area contributed by atoms with Crippen molar-refractivity contribution in [1.29, 1.82) is 0 Å². The minimum atomic E-state index is -0.655. The summed E-state index contributed by atoms with van der Waals surface area (Å²) in [7, 11) is 0. The van der Waals surface area contributed by atoms with Gasteiger partial charge < -0.3 is 19.3 Å². The second-order valence-corrected chi connectivity index (χ2v) is 10.1. The Morgan fingerprint density at radius 3 is 2.67 bits per heavy atom. The van der Waals surface area contributed by atoms with Gasteiger partial charge in [-0.25, -0.2) is 9.59 Å². The summed E-state index contributed by atoms with van der Waals surface area (Å²) in [4.78, 5) is 24.6. The van der Waals surface area contributed by atoms with Gasteiger partial charge in [0.25, 0.3) is 0 Å². The lowest BCUT2D eigenvalue weighted by Crippen LogP contribution is -2.59. The van der Waals surface area contributed by atoms with Gasteiger partial charge in [0.15, 0.2) is 0 Å². The molecule has 0 bridgehead atoms. The first-order valence-electron chi connectivity index (χ1n) is 12.3. The van der Waals surface area contributed by atoms with Crippen molar-refractivity contribution in [1.82, 2.24) is 0 Å². The lowest BCUT2D eigenvalue weighted by molar-refractivity contribution is -0.234. The number of hydrogen-bond donors (Lipinski definition) is 1. The van der Waals surface area contributed by atoms with E-state index in [1.54, 1.807) is 6.08 Å². The Hall–Kier alpha value is -2.18. The molecule has 6 nitrogen and oxygen atoms in total. The smallest absolute Gasteiger partial charge is 0.332 e. The Kier molecular flexibility index (Phi) is 7.55. The van der Waals surface area contributed by atoms with Gasteiger partial charge in [-0.05, 0) is 62.0 Å². The molecule has 3 fully saturated rings. The Morgan fingerprint density at radius 1 is 1.21 bits per heavy atom. The number of fused-ring (bicyclic) bond motifs is 1. The maximum Gasteiger partial charge on any atom is 0.332 e. The third-order valence-electron chi connectivity index (χ3n) is 7.83. The molecule has 1 aliphatic heterocycles. The van der Waals surface area contributed by atoms with E-state index in [1.807, 2.05) is 37.3 Å². The number of aliphatic hydroxyl groups excluding tert-OH is 1. The molecule has 1 heterocycles. The fourth-order valence-electron chi connectivity index (χ4n) is 5.81. The van der Waals surface area contributed by atoms with E-state index in [0.717, 1.165) is 31.2 Å². The molecule has 33 heavy (non-hydrogen) atoms. The Labute approximate surface area is 196 Å². The van der Waals surface area contributed by atoms with Crippen LogP contribution < -0.4 is 0 Å². The second-order valence-electron chi connectivity index (χ2n) is 10.1. The van der Waals surface area contributed by atoms with Gasteiger partial charge in [-0.2, -0.15) is 0 Å². The van der Waals surface area contributed by atoms with Crippen LogP contribution in [-0.2, 0) is 23.8 Å². The van der Waals surface area contributed by atoms with Gasteiger partial charge >= 0.3 is 11.9 Å². The van der Waals surface area contributed by atoms with E-state index < -0.39 is 24.3 Å². The summed E-state index contributed by atoms with van der Waals surface area (Å²) in [5.74, 6) is 0.373. The number of benzene rings is 1. The van der Waals surface area contributed by atoms with Crippen LogP contribution in [-0.4, -0.2) is 48.1 Å². The van der Waals surface area contributed by atoms with Gasteiger partial charge in [-0.1, -0.05) is 50.1 Å². The summed E-state index contributed by atoms with van der Waals surface area (Å²) in [6, 6.07) is 9.65. The second kappa shape index (κ2) is 10.4. The molecule has 1 saturated heterocycles. The third-order valence-corrected chi connectivity index (χ3v) is 7.83. The predicted octanol–water partition coefficient (Wildman–Crippen LogP) is 4.16. The van der Waals surface area contributed by atoms with Crippen molar-refractivity contribution < 1.29 is 28.9 Å². The highest BCUT2D eigenvalue weighted by Crippen LogP contribution is 2.52. The number of rotatable bonds is 9. The van der Waals surface area contributed by atoms with Crippen molar-refractivity contribution in [2.45, 2.75) is 70.2 Å². The van der Waals surface area contributed by atoms with E-state index in [-0.39, 0.29) is 30.5 Å². The summed E-state index contributed by atoms with van der Waals surface area (Å²) in [6.07, 6.45) is 8.64. The number of carbonyl (C=O) groups excluding carboxylic acids is 2. The molecule has 0 radical (unpaired) electrons. The fourth-order valence-corrected chi connectivity index (χ4v) is 5.81. The maximum absolute atomic E-state index is 12.6. The quantitative estimate of drug-likeness (QED) is 0.444. The van der Waals surface area contributed by atoms with Crippen LogP contribution in [0.3, 0.4) is 0 Å². The van der Waals surface area contributed by atoms with Crippen LogP contribution in [0.5, 0.6) is 0 Å². The summed E-state index contributed by atoms with van der Waals surface area (Å²) >= 11 is 0. The van der Waals surface area contributed by atoms with E-state index in [0.29, 0.717) is 11.8 Å². The standard InChI is InChI=1S/C27H36O6/c1-18-8-13-21-26(18)22(32-24(29)15-12-19-6-4-3-5-7-19)17-31-27(21,2)23(33-25(30)16-28)14-11-20-9-10-20/h3-7,12,15,18,20-23,26,28H,8-11,13-14,16-17H2,1-2H3/b15-12+/t18-,21-,22-,23-,26?,27+/m1/s1. The minimum absolute atomic E-state index is 0.118. The molecule has 180 valence electrons. The van der Waals surface area contributed by atoms with Crippen LogP contribution in [0.25, 0.3) is 6.08 Å². The number of carbonyl (C=O) groups is 2. The van der Waals surface area contributed by atoms with Gasteiger partial charge in [-0.3, -0.25) is 0 Å². The molecule has 0 amide bonds. The van der Waals surface area contributed by atoms with Crippen LogP contribution in [0.15, 0.2) is 36.4 Å². The molecule has 3 aliphatic rings. The first-order chi connectivity index (χ1) is 15.9. The molecule has 1 N–H and O–H groups in total. The highest BCUT2D eigenvalue weighted by atomic mass is 16.6. The average Bonchev–Trinajstić information content (AvgIpc) is 3.57. The molecular weight excluding hydrogens is 420 g/mol. The summed E-state index contributed by atoms with van der Waals surface area (Å²) in [5.41, 5.74) is 0.288. The van der Waals surface area contributed by atoms with Crippen molar-refractivity contribution in [3.05, 3.63) is 42.0 Å². The van der Waals surface area contributed by atoms with Gasteiger partial charge in [0.2, 0.25) is 0 Å².